The number of hydrogen-bond donors (Lipinski definition) is 1. The Morgan fingerprint density at radius 2 is 1.83 bits per heavy atom. The smallest absolute Gasteiger partial charge is 0.418 e. The minimum atomic E-state index is -4.55. The highest BCUT2D eigenvalue weighted by Gasteiger charge is 2.33. The number of carbonyl (C=O) groups is 1. The van der Waals surface area contributed by atoms with Gasteiger partial charge in [0.2, 0.25) is 0 Å². The number of amides is 1. The molecule has 2 aromatic carbocycles. The van der Waals surface area contributed by atoms with Gasteiger partial charge in [0.25, 0.3) is 5.91 Å². The lowest BCUT2D eigenvalue weighted by Crippen LogP contribution is -2.16. The van der Waals surface area contributed by atoms with Gasteiger partial charge in [-0.15, -0.1) is 0 Å². The molecule has 0 aliphatic heterocycles. The Labute approximate surface area is 129 Å². The summed E-state index contributed by atoms with van der Waals surface area (Å²) in [5, 5.41) is 2.97. The van der Waals surface area contributed by atoms with Gasteiger partial charge < -0.3 is 9.73 Å². The number of rotatable bonds is 2. The summed E-state index contributed by atoms with van der Waals surface area (Å²) in [6.45, 7) is 1.88. The zero-order valence-electron chi connectivity index (χ0n) is 12.1. The van der Waals surface area contributed by atoms with Crippen molar-refractivity contribution in [2.45, 2.75) is 13.1 Å². The number of anilines is 1. The van der Waals surface area contributed by atoms with Gasteiger partial charge in [0.1, 0.15) is 5.58 Å². The highest BCUT2D eigenvalue weighted by atomic mass is 19.4. The van der Waals surface area contributed by atoms with E-state index in [1.807, 2.05) is 13.0 Å². The lowest BCUT2D eigenvalue weighted by molar-refractivity contribution is -0.136. The van der Waals surface area contributed by atoms with Crippen LogP contribution in [0.1, 0.15) is 21.7 Å². The lowest BCUT2D eigenvalue weighted by Gasteiger charge is -2.12. The highest BCUT2D eigenvalue weighted by Crippen LogP contribution is 2.34. The molecule has 3 nitrogen and oxygen atoms in total. The summed E-state index contributed by atoms with van der Waals surface area (Å²) in [5.74, 6) is -0.766. The van der Waals surface area contributed by atoms with Crippen LogP contribution in [0.15, 0.2) is 52.9 Å². The maximum absolute atomic E-state index is 12.9. The van der Waals surface area contributed by atoms with Crippen LogP contribution in [0.4, 0.5) is 18.9 Å². The van der Waals surface area contributed by atoms with Gasteiger partial charge in [-0.25, -0.2) is 0 Å². The van der Waals surface area contributed by atoms with E-state index in [4.69, 9.17) is 4.42 Å². The van der Waals surface area contributed by atoms with Gasteiger partial charge in [0, 0.05) is 5.39 Å². The van der Waals surface area contributed by atoms with Crippen molar-refractivity contribution in [1.82, 2.24) is 0 Å². The highest BCUT2D eigenvalue weighted by molar-refractivity contribution is 6.05. The van der Waals surface area contributed by atoms with E-state index in [-0.39, 0.29) is 11.4 Å². The number of benzene rings is 2. The van der Waals surface area contributed by atoms with Crippen LogP contribution in [0.5, 0.6) is 0 Å². The van der Waals surface area contributed by atoms with Crippen LogP contribution in [0, 0.1) is 6.92 Å². The van der Waals surface area contributed by atoms with E-state index in [0.29, 0.717) is 11.0 Å². The average Bonchev–Trinajstić information content (AvgIpc) is 2.89. The van der Waals surface area contributed by atoms with Gasteiger partial charge in [-0.05, 0) is 36.8 Å². The van der Waals surface area contributed by atoms with E-state index in [1.165, 1.54) is 24.3 Å². The van der Waals surface area contributed by atoms with Crippen molar-refractivity contribution in [3.63, 3.8) is 0 Å². The molecule has 0 fully saturated rings. The first kappa shape index (κ1) is 15.1. The molecule has 1 N–H and O–H groups in total. The second kappa shape index (κ2) is 5.46. The van der Waals surface area contributed by atoms with E-state index in [2.05, 4.69) is 5.32 Å². The number of halogens is 3. The number of nitrogens with one attached hydrogen (secondary N) is 1. The monoisotopic (exact) mass is 319 g/mol. The zero-order valence-corrected chi connectivity index (χ0v) is 12.1. The summed E-state index contributed by atoms with van der Waals surface area (Å²) < 4.78 is 44.2. The first-order valence-electron chi connectivity index (χ1n) is 6.82. The predicted octanol–water partition coefficient (Wildman–Crippen LogP) is 5.01. The largest absolute Gasteiger partial charge is 0.451 e. The van der Waals surface area contributed by atoms with E-state index >= 15 is 0 Å². The molecule has 0 saturated heterocycles. The Balaban J connectivity index is 1.92. The number of hydrogen-bond acceptors (Lipinski definition) is 2. The summed E-state index contributed by atoms with van der Waals surface area (Å²) in [6.07, 6.45) is -4.55. The maximum atomic E-state index is 12.9. The molecule has 1 aromatic heterocycles. The van der Waals surface area contributed by atoms with E-state index < -0.39 is 17.6 Å². The summed E-state index contributed by atoms with van der Waals surface area (Å²) in [5.41, 5.74) is 0.266. The second-order valence-corrected chi connectivity index (χ2v) is 5.15. The second-order valence-electron chi connectivity index (χ2n) is 5.15. The number of para-hydroxylation sites is 1. The predicted molar refractivity (Wildman–Crippen MR) is 80.3 cm³/mol. The molecule has 1 heterocycles. The third kappa shape index (κ3) is 3.06. The van der Waals surface area contributed by atoms with Gasteiger partial charge in [-0.1, -0.05) is 24.3 Å². The molecular formula is C17H12F3NO2. The normalized spacial score (nSPS) is 11.7. The molecule has 3 aromatic rings. The van der Waals surface area contributed by atoms with Crippen molar-refractivity contribution in [2.75, 3.05) is 5.32 Å². The Bertz CT molecular complexity index is 881. The third-order valence-corrected chi connectivity index (χ3v) is 3.38. The van der Waals surface area contributed by atoms with Gasteiger partial charge >= 0.3 is 6.18 Å². The molecule has 0 aliphatic carbocycles. The summed E-state index contributed by atoms with van der Waals surface area (Å²) in [7, 11) is 0. The van der Waals surface area contributed by atoms with Crippen LogP contribution in [0.2, 0.25) is 0 Å². The summed E-state index contributed by atoms with van der Waals surface area (Å²) in [6, 6.07) is 11.7. The van der Waals surface area contributed by atoms with Crippen LogP contribution in [0.25, 0.3) is 11.0 Å². The fourth-order valence-electron chi connectivity index (χ4n) is 2.27. The molecule has 0 spiro atoms. The summed E-state index contributed by atoms with van der Waals surface area (Å²) in [4.78, 5) is 12.2. The van der Waals surface area contributed by atoms with Crippen LogP contribution >= 0.6 is 0 Å². The number of furan rings is 1. The van der Waals surface area contributed by atoms with Gasteiger partial charge in [0.05, 0.1) is 11.3 Å². The minimum Gasteiger partial charge on any atom is -0.451 e. The first-order chi connectivity index (χ1) is 10.8. The lowest BCUT2D eigenvalue weighted by atomic mass is 10.1. The molecule has 1 amide bonds. The molecule has 3 rings (SSSR count). The van der Waals surface area contributed by atoms with Gasteiger partial charge in [0.15, 0.2) is 5.76 Å². The number of alkyl halides is 3. The molecular weight excluding hydrogens is 307 g/mol. The quantitative estimate of drug-likeness (QED) is 0.721. The Kier molecular flexibility index (Phi) is 3.60. The first-order valence-corrected chi connectivity index (χ1v) is 6.82. The molecule has 0 bridgehead atoms. The molecule has 23 heavy (non-hydrogen) atoms. The molecule has 6 heteroatoms. The number of aryl methyl sites for hydroxylation is 1. The van der Waals surface area contributed by atoms with Crippen molar-refractivity contribution in [2.24, 2.45) is 0 Å². The standard InChI is InChI=1S/C17H12F3NO2/c1-10-6-7-11-9-15(23-14(11)8-10)16(22)21-13-5-3-2-4-12(13)17(18,19)20/h2-9H,1H3,(H,21,22). The van der Waals surface area contributed by atoms with Crippen molar-refractivity contribution in [1.29, 1.82) is 0 Å². The Hall–Kier alpha value is -2.76. The Morgan fingerprint density at radius 1 is 1.09 bits per heavy atom. The van der Waals surface area contributed by atoms with Gasteiger partial charge in [-0.2, -0.15) is 13.2 Å². The van der Waals surface area contributed by atoms with Crippen LogP contribution in [-0.2, 0) is 6.18 Å². The Morgan fingerprint density at radius 3 is 2.57 bits per heavy atom. The molecule has 0 saturated carbocycles. The zero-order chi connectivity index (χ0) is 16.6. The van der Waals surface area contributed by atoms with Crippen molar-refractivity contribution in [3.8, 4) is 0 Å². The van der Waals surface area contributed by atoms with E-state index in [1.54, 1.807) is 12.1 Å². The SMILES string of the molecule is Cc1ccc2cc(C(=O)Nc3ccccc3C(F)(F)F)oc2c1. The van der Waals surface area contributed by atoms with Gasteiger partial charge in [-0.3, -0.25) is 4.79 Å². The molecule has 0 radical (unpaired) electrons. The third-order valence-electron chi connectivity index (χ3n) is 3.38. The van der Waals surface area contributed by atoms with Crippen molar-refractivity contribution in [3.05, 3.63) is 65.4 Å². The molecule has 118 valence electrons. The fourth-order valence-corrected chi connectivity index (χ4v) is 2.27. The maximum Gasteiger partial charge on any atom is 0.418 e. The fraction of sp³-hybridized carbons (Fsp3) is 0.118. The molecule has 0 unspecified atom stereocenters. The van der Waals surface area contributed by atoms with Crippen molar-refractivity contribution < 1.29 is 22.4 Å². The van der Waals surface area contributed by atoms with Crippen molar-refractivity contribution >= 4 is 22.6 Å². The summed E-state index contributed by atoms with van der Waals surface area (Å²) >= 11 is 0. The number of fused-ring (bicyclic) bond motifs is 1. The van der Waals surface area contributed by atoms with Crippen LogP contribution < -0.4 is 5.32 Å². The molecule has 0 atom stereocenters. The topological polar surface area (TPSA) is 42.2 Å². The average molecular weight is 319 g/mol. The minimum absolute atomic E-state index is 0.0393. The number of carbonyl (C=O) groups excluding carboxylic acids is 1. The van der Waals surface area contributed by atoms with Crippen LogP contribution in [-0.4, -0.2) is 5.91 Å². The molecule has 0 aliphatic rings. The van der Waals surface area contributed by atoms with E-state index in [9.17, 15) is 18.0 Å². The van der Waals surface area contributed by atoms with Crippen LogP contribution in [0.3, 0.4) is 0 Å². The van der Waals surface area contributed by atoms with E-state index in [0.717, 1.165) is 11.6 Å².